The number of carbonyl (C=O) groups excluding carboxylic acids is 1. The van der Waals surface area contributed by atoms with Crippen molar-refractivity contribution >= 4 is 18.0 Å². The van der Waals surface area contributed by atoms with Crippen LogP contribution in [0.2, 0.25) is 0 Å². The molecule has 14 nitrogen and oxygen atoms in total. The van der Waals surface area contributed by atoms with Crippen LogP contribution in [0.4, 0.5) is 0 Å². The van der Waals surface area contributed by atoms with Crippen molar-refractivity contribution in [2.75, 3.05) is 7.05 Å². The van der Waals surface area contributed by atoms with Crippen LogP contribution in [-0.2, 0) is 29.0 Å². The fraction of sp³-hybridized carbons (Fsp3) is 0.389. The summed E-state index contributed by atoms with van der Waals surface area (Å²) in [5.74, 6) is 3.38. The van der Waals surface area contributed by atoms with E-state index in [0.717, 1.165) is 24.5 Å². The van der Waals surface area contributed by atoms with Crippen molar-refractivity contribution in [1.82, 2.24) is 54.7 Å². The molecule has 14 heteroatoms. The molecule has 1 atom stereocenters. The Hall–Kier alpha value is -4.23. The van der Waals surface area contributed by atoms with Crippen LogP contribution in [0.15, 0.2) is 18.5 Å². The molecule has 4 aromatic heterocycles. The molecule has 1 aliphatic heterocycles. The lowest BCUT2D eigenvalue weighted by atomic mass is 9.99. The van der Waals surface area contributed by atoms with Gasteiger partial charge in [-0.1, -0.05) is 0 Å². The molecule has 0 saturated carbocycles. The van der Waals surface area contributed by atoms with Gasteiger partial charge in [-0.05, 0) is 25.5 Å². The predicted molar refractivity (Wildman–Crippen MR) is 108 cm³/mol. The Morgan fingerprint density at radius 3 is 2.91 bits per heavy atom. The first-order chi connectivity index (χ1) is 15.5. The van der Waals surface area contributed by atoms with Gasteiger partial charge in [0.15, 0.2) is 23.1 Å². The minimum atomic E-state index is -0.250. The van der Waals surface area contributed by atoms with Crippen LogP contribution in [0.25, 0.3) is 11.5 Å². The number of carbonyl (C=O) groups is 2. The fourth-order valence-electron chi connectivity index (χ4n) is 3.56. The minimum absolute atomic E-state index is 0.0784. The molecule has 0 radical (unpaired) electrons. The molecule has 32 heavy (non-hydrogen) atoms. The molecule has 166 valence electrons. The predicted octanol–water partition coefficient (Wildman–Crippen LogP) is -0.676. The van der Waals surface area contributed by atoms with Crippen molar-refractivity contribution < 1.29 is 14.7 Å². The van der Waals surface area contributed by atoms with E-state index in [1.54, 1.807) is 22.6 Å². The largest absolute Gasteiger partial charge is 0.483 e. The van der Waals surface area contributed by atoms with Gasteiger partial charge in [-0.3, -0.25) is 9.59 Å². The lowest BCUT2D eigenvalue weighted by molar-refractivity contribution is -0.123. The van der Waals surface area contributed by atoms with Gasteiger partial charge in [0, 0.05) is 19.4 Å². The van der Waals surface area contributed by atoms with Gasteiger partial charge >= 0.3 is 0 Å². The highest BCUT2D eigenvalue weighted by Crippen LogP contribution is 2.28. The van der Waals surface area contributed by atoms with E-state index in [4.69, 9.17) is 14.9 Å². The Balaban J connectivity index is 0.000000775. The summed E-state index contributed by atoms with van der Waals surface area (Å²) < 4.78 is 5.27. The number of hydrogen-bond acceptors (Lipinski definition) is 9. The Morgan fingerprint density at radius 1 is 1.31 bits per heavy atom. The maximum atomic E-state index is 11.9. The number of carboxylic acid groups (broad SMARTS) is 1. The smallest absolute Gasteiger partial charge is 0.290 e. The molecule has 4 aromatic rings. The van der Waals surface area contributed by atoms with E-state index in [-0.39, 0.29) is 24.7 Å². The molecule has 0 fully saturated rings. The van der Waals surface area contributed by atoms with E-state index in [9.17, 15) is 4.79 Å². The van der Waals surface area contributed by atoms with E-state index in [0.29, 0.717) is 29.7 Å². The summed E-state index contributed by atoms with van der Waals surface area (Å²) in [4.78, 5) is 29.2. The number of likely N-dealkylation sites (N-methyl/N-ethyl adjacent to an activating group) is 1. The molecule has 0 spiro atoms. The van der Waals surface area contributed by atoms with Crippen molar-refractivity contribution in [3.05, 3.63) is 41.8 Å². The van der Waals surface area contributed by atoms with Gasteiger partial charge in [0.25, 0.3) is 6.47 Å². The number of amides is 1. The molecule has 0 saturated heterocycles. The first kappa shape index (κ1) is 21.0. The standard InChI is InChI=1S/C17H19N11O.CH2O2/c1-10-22-23-14-5-6-15(25-27(10)14)28-17(21-12(24-28)7-16(29)18-2)11-3-4-13-19-9-20-26(13)8-11;2-1-3/h5-6,9,11H,3-4,7-8H2,1-2H3,(H,18,29);1H,(H,2,3). The number of aromatic nitrogens is 10. The molecule has 5 heterocycles. The second-order valence-electron chi connectivity index (χ2n) is 7.06. The molecular weight excluding hydrogens is 418 g/mol. The van der Waals surface area contributed by atoms with E-state index in [1.807, 2.05) is 23.7 Å². The SMILES string of the molecule is CNC(=O)Cc1nc(C2CCc3ncnn3C2)n(-c2ccc3nnc(C)n3n2)n1.O=CO. The zero-order chi connectivity index (χ0) is 22.7. The van der Waals surface area contributed by atoms with E-state index >= 15 is 0 Å². The third-order valence-corrected chi connectivity index (χ3v) is 5.07. The molecule has 0 bridgehead atoms. The van der Waals surface area contributed by atoms with Gasteiger partial charge in [0.1, 0.15) is 18.0 Å². The molecule has 1 unspecified atom stereocenters. The molecule has 0 aliphatic carbocycles. The average Bonchev–Trinajstić information content (AvgIpc) is 3.52. The summed E-state index contributed by atoms with van der Waals surface area (Å²) in [6, 6.07) is 3.66. The molecular formula is C18H21N11O3. The Bertz CT molecular complexity index is 1260. The first-order valence-electron chi connectivity index (χ1n) is 9.84. The Morgan fingerprint density at radius 2 is 2.12 bits per heavy atom. The number of rotatable bonds is 4. The van der Waals surface area contributed by atoms with Crippen LogP contribution in [0.3, 0.4) is 0 Å². The van der Waals surface area contributed by atoms with Gasteiger partial charge < -0.3 is 10.4 Å². The van der Waals surface area contributed by atoms with Crippen LogP contribution in [-0.4, -0.2) is 73.9 Å². The molecule has 1 amide bonds. The topological polar surface area (TPSA) is 171 Å². The number of fused-ring (bicyclic) bond motifs is 2. The second kappa shape index (κ2) is 8.87. The van der Waals surface area contributed by atoms with Gasteiger partial charge in [0.05, 0.1) is 13.0 Å². The lowest BCUT2D eigenvalue weighted by Gasteiger charge is -2.21. The lowest BCUT2D eigenvalue weighted by Crippen LogP contribution is -2.23. The summed E-state index contributed by atoms with van der Waals surface area (Å²) in [7, 11) is 1.60. The number of hydrogen-bond donors (Lipinski definition) is 2. The Kier molecular flexibility index (Phi) is 5.83. The first-order valence-corrected chi connectivity index (χ1v) is 9.84. The van der Waals surface area contributed by atoms with Crippen LogP contribution in [0, 0.1) is 6.92 Å². The molecule has 5 rings (SSSR count). The van der Waals surface area contributed by atoms with Crippen molar-refractivity contribution in [3.8, 4) is 5.82 Å². The maximum absolute atomic E-state index is 11.9. The fourth-order valence-corrected chi connectivity index (χ4v) is 3.56. The third kappa shape index (κ3) is 4.01. The van der Waals surface area contributed by atoms with Gasteiger partial charge in [-0.15, -0.1) is 20.4 Å². The van der Waals surface area contributed by atoms with Crippen LogP contribution in [0.1, 0.15) is 35.6 Å². The summed E-state index contributed by atoms with van der Waals surface area (Å²) in [5.41, 5.74) is 0.656. The zero-order valence-corrected chi connectivity index (χ0v) is 17.5. The number of aryl methyl sites for hydroxylation is 2. The van der Waals surface area contributed by atoms with Gasteiger partial charge in [-0.25, -0.2) is 14.6 Å². The second-order valence-corrected chi connectivity index (χ2v) is 7.06. The highest BCUT2D eigenvalue weighted by Gasteiger charge is 2.28. The molecule has 1 aliphatic rings. The normalized spacial score (nSPS) is 15.0. The highest BCUT2D eigenvalue weighted by atomic mass is 16.3. The third-order valence-electron chi connectivity index (χ3n) is 5.07. The minimum Gasteiger partial charge on any atom is -0.483 e. The van der Waals surface area contributed by atoms with Crippen molar-refractivity contribution in [2.45, 2.75) is 38.6 Å². The van der Waals surface area contributed by atoms with Crippen molar-refractivity contribution in [1.29, 1.82) is 0 Å². The molecule has 2 N–H and O–H groups in total. The van der Waals surface area contributed by atoms with Crippen molar-refractivity contribution in [2.24, 2.45) is 0 Å². The zero-order valence-electron chi connectivity index (χ0n) is 17.5. The van der Waals surface area contributed by atoms with E-state index in [2.05, 4.69) is 35.8 Å². The Labute approximate surface area is 181 Å². The van der Waals surface area contributed by atoms with Gasteiger partial charge in [-0.2, -0.15) is 14.3 Å². The van der Waals surface area contributed by atoms with Crippen LogP contribution in [0.5, 0.6) is 0 Å². The van der Waals surface area contributed by atoms with Gasteiger partial charge in [0.2, 0.25) is 5.91 Å². The summed E-state index contributed by atoms with van der Waals surface area (Å²) in [6.45, 7) is 2.24. The summed E-state index contributed by atoms with van der Waals surface area (Å²) in [5, 5.41) is 31.1. The van der Waals surface area contributed by atoms with Crippen LogP contribution >= 0.6 is 0 Å². The van der Waals surface area contributed by atoms with E-state index < -0.39 is 0 Å². The summed E-state index contributed by atoms with van der Waals surface area (Å²) >= 11 is 0. The maximum Gasteiger partial charge on any atom is 0.290 e. The number of nitrogens with one attached hydrogen (secondary N) is 1. The summed E-state index contributed by atoms with van der Waals surface area (Å²) in [6.07, 6.45) is 3.35. The number of nitrogens with zero attached hydrogens (tertiary/aromatic N) is 10. The van der Waals surface area contributed by atoms with Crippen molar-refractivity contribution in [3.63, 3.8) is 0 Å². The molecule has 0 aromatic carbocycles. The highest BCUT2D eigenvalue weighted by molar-refractivity contribution is 5.77. The monoisotopic (exact) mass is 439 g/mol. The average molecular weight is 439 g/mol. The quantitative estimate of drug-likeness (QED) is 0.388. The van der Waals surface area contributed by atoms with E-state index in [1.165, 1.54) is 0 Å². The van der Waals surface area contributed by atoms with Crippen LogP contribution < -0.4 is 5.32 Å².